The maximum absolute atomic E-state index is 11.8. The highest BCUT2D eigenvalue weighted by atomic mass is 16.5. The first-order valence-corrected chi connectivity index (χ1v) is 6.11. The Hall–Kier alpha value is -3.03. The molecule has 0 fully saturated rings. The Kier molecular flexibility index (Phi) is 4.75. The Labute approximate surface area is 120 Å². The van der Waals surface area contributed by atoms with E-state index in [1.165, 1.54) is 0 Å². The first-order valence-electron chi connectivity index (χ1n) is 6.11. The van der Waals surface area contributed by atoms with Crippen LogP contribution >= 0.6 is 0 Å². The molecule has 0 aliphatic carbocycles. The maximum atomic E-state index is 11.8. The van der Waals surface area contributed by atoms with Gasteiger partial charge < -0.3 is 20.5 Å². The largest absolute Gasteiger partial charge is 0.480 e. The van der Waals surface area contributed by atoms with E-state index in [0.29, 0.717) is 18.0 Å². The average Bonchev–Trinajstić information content (AvgIpc) is 2.97. The molecule has 21 heavy (non-hydrogen) atoms. The average molecular weight is 290 g/mol. The first kappa shape index (κ1) is 14.4. The Balaban J connectivity index is 1.92. The normalized spacial score (nSPS) is 9.90. The molecule has 2 amide bonds. The van der Waals surface area contributed by atoms with Crippen LogP contribution in [0, 0.1) is 0 Å². The van der Waals surface area contributed by atoms with Crippen molar-refractivity contribution in [1.82, 2.24) is 15.5 Å². The van der Waals surface area contributed by atoms with Crippen molar-refractivity contribution in [3.63, 3.8) is 0 Å². The Morgan fingerprint density at radius 1 is 1.33 bits per heavy atom. The molecule has 8 nitrogen and oxygen atoms in total. The van der Waals surface area contributed by atoms with Gasteiger partial charge in [0.15, 0.2) is 6.61 Å². The number of aromatic amines is 1. The molecule has 4 N–H and O–H groups in total. The number of anilines is 1. The van der Waals surface area contributed by atoms with Crippen LogP contribution < -0.4 is 15.4 Å². The summed E-state index contributed by atoms with van der Waals surface area (Å²) in [6, 6.07) is 6.16. The van der Waals surface area contributed by atoms with Crippen LogP contribution in [0.1, 0.15) is 5.56 Å². The summed E-state index contributed by atoms with van der Waals surface area (Å²) < 4.78 is 5.09. The number of urea groups is 1. The van der Waals surface area contributed by atoms with Crippen molar-refractivity contribution < 1.29 is 19.4 Å². The van der Waals surface area contributed by atoms with Crippen molar-refractivity contribution in [1.29, 1.82) is 0 Å². The van der Waals surface area contributed by atoms with Gasteiger partial charge in [-0.1, -0.05) is 12.1 Å². The number of rotatable bonds is 6. The number of carbonyl (C=O) groups excluding carboxylic acids is 1. The summed E-state index contributed by atoms with van der Waals surface area (Å²) in [5.41, 5.74) is 1.23. The van der Waals surface area contributed by atoms with E-state index in [1.807, 2.05) is 0 Å². The molecule has 110 valence electrons. The zero-order valence-corrected chi connectivity index (χ0v) is 11.0. The number of aliphatic carboxylic acids is 1. The lowest BCUT2D eigenvalue weighted by Gasteiger charge is -2.11. The summed E-state index contributed by atoms with van der Waals surface area (Å²) >= 11 is 0. The molecule has 0 unspecified atom stereocenters. The number of carboxylic acids is 1. The van der Waals surface area contributed by atoms with Crippen molar-refractivity contribution in [2.45, 2.75) is 6.54 Å². The summed E-state index contributed by atoms with van der Waals surface area (Å²) in [5.74, 6) is -0.799. The number of nitrogens with zero attached hydrogens (tertiary/aromatic N) is 1. The fourth-order valence-corrected chi connectivity index (χ4v) is 1.56. The van der Waals surface area contributed by atoms with Crippen LogP contribution in [-0.4, -0.2) is 33.9 Å². The van der Waals surface area contributed by atoms with Crippen molar-refractivity contribution in [2.75, 3.05) is 11.9 Å². The molecule has 2 rings (SSSR count). The molecule has 2 aromatic rings. The van der Waals surface area contributed by atoms with E-state index in [9.17, 15) is 9.59 Å². The number of H-pyrrole nitrogens is 1. The number of nitrogens with one attached hydrogen (secondary N) is 3. The molecule has 0 aliphatic heterocycles. The lowest BCUT2D eigenvalue weighted by molar-refractivity contribution is -0.139. The molecule has 0 bridgehead atoms. The Morgan fingerprint density at radius 3 is 2.86 bits per heavy atom. The predicted octanol–water partition coefficient (Wildman–Crippen LogP) is 1.19. The van der Waals surface area contributed by atoms with E-state index in [4.69, 9.17) is 9.84 Å². The van der Waals surface area contributed by atoms with E-state index in [2.05, 4.69) is 20.8 Å². The highest BCUT2D eigenvalue weighted by Crippen LogP contribution is 2.23. The number of amides is 2. The number of aromatic nitrogens is 2. The van der Waals surface area contributed by atoms with E-state index in [1.54, 1.807) is 36.7 Å². The number of hydrogen-bond acceptors (Lipinski definition) is 4. The van der Waals surface area contributed by atoms with Crippen molar-refractivity contribution in [3.05, 3.63) is 42.2 Å². The van der Waals surface area contributed by atoms with Crippen LogP contribution in [0.25, 0.3) is 0 Å². The highest BCUT2D eigenvalue weighted by Gasteiger charge is 2.08. The van der Waals surface area contributed by atoms with Gasteiger partial charge in [-0.3, -0.25) is 5.10 Å². The number of carbonyl (C=O) groups is 2. The molecule has 0 spiro atoms. The highest BCUT2D eigenvalue weighted by molar-refractivity contribution is 5.90. The lowest BCUT2D eigenvalue weighted by atomic mass is 10.3. The van der Waals surface area contributed by atoms with Crippen LogP contribution in [0.3, 0.4) is 0 Å². The van der Waals surface area contributed by atoms with Crippen molar-refractivity contribution in [2.24, 2.45) is 0 Å². The van der Waals surface area contributed by atoms with Crippen LogP contribution in [-0.2, 0) is 11.3 Å². The Bertz CT molecular complexity index is 612. The van der Waals surface area contributed by atoms with Gasteiger partial charge in [0.2, 0.25) is 0 Å². The smallest absolute Gasteiger partial charge is 0.341 e. The molecule has 1 aromatic carbocycles. The van der Waals surface area contributed by atoms with Crippen LogP contribution in [0.15, 0.2) is 36.7 Å². The van der Waals surface area contributed by atoms with Gasteiger partial charge in [-0.2, -0.15) is 5.10 Å². The topological polar surface area (TPSA) is 116 Å². The van der Waals surface area contributed by atoms with E-state index < -0.39 is 18.6 Å². The van der Waals surface area contributed by atoms with Gasteiger partial charge in [0.25, 0.3) is 0 Å². The van der Waals surface area contributed by atoms with Gasteiger partial charge in [-0.05, 0) is 12.1 Å². The standard InChI is InChI=1S/C13H14N4O4/c18-12(19)8-21-11-4-2-1-3-10(11)17-13(20)14-5-9-6-15-16-7-9/h1-4,6-7H,5,8H2,(H,15,16)(H,18,19)(H2,14,17,20). The minimum absolute atomic E-state index is 0.290. The summed E-state index contributed by atoms with van der Waals surface area (Å²) in [7, 11) is 0. The molecular weight excluding hydrogens is 276 g/mol. The summed E-state index contributed by atoms with van der Waals surface area (Å²) in [5, 5.41) is 20.3. The molecule has 8 heteroatoms. The molecule has 0 saturated heterocycles. The van der Waals surface area contributed by atoms with Gasteiger partial charge in [0.1, 0.15) is 5.75 Å². The SMILES string of the molecule is O=C(O)COc1ccccc1NC(=O)NCc1cn[nH]c1. The molecule has 1 aromatic heterocycles. The number of benzene rings is 1. The van der Waals surface area contributed by atoms with Gasteiger partial charge in [-0.25, -0.2) is 9.59 Å². The Morgan fingerprint density at radius 2 is 2.14 bits per heavy atom. The quantitative estimate of drug-likeness (QED) is 0.637. The third-order valence-corrected chi connectivity index (χ3v) is 2.49. The number of ether oxygens (including phenoxy) is 1. The van der Waals surface area contributed by atoms with Crippen LogP contribution in [0.5, 0.6) is 5.75 Å². The maximum Gasteiger partial charge on any atom is 0.341 e. The molecule has 0 aliphatic rings. The van der Waals surface area contributed by atoms with Gasteiger partial charge in [0.05, 0.1) is 11.9 Å². The van der Waals surface area contributed by atoms with Crippen LogP contribution in [0.2, 0.25) is 0 Å². The van der Waals surface area contributed by atoms with Crippen molar-refractivity contribution >= 4 is 17.7 Å². The van der Waals surface area contributed by atoms with E-state index in [-0.39, 0.29) is 0 Å². The second-order valence-corrected chi connectivity index (χ2v) is 4.09. The zero-order valence-electron chi connectivity index (χ0n) is 11.0. The van der Waals surface area contributed by atoms with E-state index >= 15 is 0 Å². The summed E-state index contributed by atoms with van der Waals surface area (Å²) in [6.07, 6.45) is 3.27. The van der Waals surface area contributed by atoms with Gasteiger partial charge in [0, 0.05) is 18.3 Å². The fourth-order valence-electron chi connectivity index (χ4n) is 1.56. The molecule has 0 radical (unpaired) electrons. The van der Waals surface area contributed by atoms with Crippen molar-refractivity contribution in [3.8, 4) is 5.75 Å². The third kappa shape index (κ3) is 4.53. The van der Waals surface area contributed by atoms with E-state index in [0.717, 1.165) is 5.56 Å². The second-order valence-electron chi connectivity index (χ2n) is 4.09. The number of hydrogen-bond donors (Lipinski definition) is 4. The minimum Gasteiger partial charge on any atom is -0.480 e. The molecule has 1 heterocycles. The molecule has 0 saturated carbocycles. The number of carboxylic acid groups (broad SMARTS) is 1. The summed E-state index contributed by atoms with van der Waals surface area (Å²) in [6.45, 7) is -0.157. The second kappa shape index (κ2) is 6.94. The molecular formula is C13H14N4O4. The summed E-state index contributed by atoms with van der Waals surface area (Å²) in [4.78, 5) is 22.3. The third-order valence-electron chi connectivity index (χ3n) is 2.49. The lowest BCUT2D eigenvalue weighted by Crippen LogP contribution is -2.28. The van der Waals surface area contributed by atoms with Crippen LogP contribution in [0.4, 0.5) is 10.5 Å². The predicted molar refractivity (Wildman–Crippen MR) is 74.0 cm³/mol. The fraction of sp³-hybridized carbons (Fsp3) is 0.154. The van der Waals surface area contributed by atoms with Gasteiger partial charge >= 0.3 is 12.0 Å². The monoisotopic (exact) mass is 290 g/mol. The minimum atomic E-state index is -1.09. The first-order chi connectivity index (χ1) is 10.1. The van der Waals surface area contributed by atoms with Gasteiger partial charge in [-0.15, -0.1) is 0 Å². The number of para-hydroxylation sites is 2. The zero-order chi connectivity index (χ0) is 15.1. The molecule has 0 atom stereocenters.